The fourth-order valence-corrected chi connectivity index (χ4v) is 1.93. The molecule has 0 aromatic heterocycles. The maximum atomic E-state index is 12.0. The summed E-state index contributed by atoms with van der Waals surface area (Å²) in [6.45, 7) is 2.49. The Morgan fingerprint density at radius 1 is 1.29 bits per heavy atom. The van der Waals surface area contributed by atoms with E-state index in [0.717, 1.165) is 10.5 Å². The topological polar surface area (TPSA) is 55.4 Å². The minimum atomic E-state index is -0.650. The summed E-state index contributed by atoms with van der Waals surface area (Å²) < 4.78 is 4.61. The molecule has 0 amide bonds. The summed E-state index contributed by atoms with van der Waals surface area (Å²) in [4.78, 5) is 24.8. The molecule has 4 nitrogen and oxygen atoms in total. The quantitative estimate of drug-likeness (QED) is 0.276. The van der Waals surface area contributed by atoms with Crippen molar-refractivity contribution in [2.45, 2.75) is 11.8 Å². The zero-order valence-electron chi connectivity index (χ0n) is 12.4. The number of carbonyl (C=O) groups is 2. The van der Waals surface area contributed by atoms with Gasteiger partial charge in [0.2, 0.25) is 0 Å². The lowest BCUT2D eigenvalue weighted by Crippen LogP contribution is -2.17. The molecule has 0 atom stereocenters. The Balaban J connectivity index is 2.84. The molecule has 1 N–H and O–H groups in total. The second kappa shape index (κ2) is 9.02. The molecule has 0 bridgehead atoms. The molecule has 0 fully saturated rings. The Kier molecular flexibility index (Phi) is 7.32. The molecule has 5 heteroatoms. The van der Waals surface area contributed by atoms with E-state index in [4.69, 9.17) is 0 Å². The zero-order chi connectivity index (χ0) is 15.7. The van der Waals surface area contributed by atoms with E-state index < -0.39 is 11.8 Å². The van der Waals surface area contributed by atoms with Gasteiger partial charge >= 0.3 is 5.97 Å². The first kappa shape index (κ1) is 17.0. The van der Waals surface area contributed by atoms with Crippen molar-refractivity contribution in [3.05, 3.63) is 47.7 Å². The summed E-state index contributed by atoms with van der Waals surface area (Å²) in [6.07, 6.45) is 6.43. The number of rotatable bonds is 7. The van der Waals surface area contributed by atoms with Crippen molar-refractivity contribution in [2.24, 2.45) is 0 Å². The van der Waals surface area contributed by atoms with E-state index in [1.807, 2.05) is 37.4 Å². The van der Waals surface area contributed by atoms with E-state index >= 15 is 0 Å². The lowest BCUT2D eigenvalue weighted by Gasteiger charge is -2.02. The minimum Gasteiger partial charge on any atom is -0.465 e. The molecule has 21 heavy (non-hydrogen) atoms. The van der Waals surface area contributed by atoms with Gasteiger partial charge in [-0.3, -0.25) is 4.79 Å². The van der Waals surface area contributed by atoms with Crippen LogP contribution in [0.25, 0.3) is 6.08 Å². The Morgan fingerprint density at radius 2 is 1.95 bits per heavy atom. The number of thioether (sulfide) groups is 1. The van der Waals surface area contributed by atoms with Crippen molar-refractivity contribution >= 4 is 29.6 Å². The average Bonchev–Trinajstić information content (AvgIpc) is 2.53. The third kappa shape index (κ3) is 5.47. The van der Waals surface area contributed by atoms with Gasteiger partial charge in [0.1, 0.15) is 5.57 Å². The molecule has 0 saturated carbocycles. The van der Waals surface area contributed by atoms with Crippen LogP contribution >= 0.6 is 11.8 Å². The molecule has 0 radical (unpaired) electrons. The maximum absolute atomic E-state index is 12.0. The third-order valence-corrected chi connectivity index (χ3v) is 3.41. The number of benzene rings is 1. The molecule has 0 heterocycles. The van der Waals surface area contributed by atoms with Crippen molar-refractivity contribution in [1.82, 2.24) is 5.32 Å². The predicted octanol–water partition coefficient (Wildman–Crippen LogP) is 2.66. The van der Waals surface area contributed by atoms with Crippen LogP contribution in [0.3, 0.4) is 0 Å². The van der Waals surface area contributed by atoms with Gasteiger partial charge in [0, 0.05) is 17.6 Å². The van der Waals surface area contributed by atoms with Crippen molar-refractivity contribution in [3.8, 4) is 0 Å². The summed E-state index contributed by atoms with van der Waals surface area (Å²) in [7, 11) is 1.25. The summed E-state index contributed by atoms with van der Waals surface area (Å²) in [6, 6.07) is 7.79. The number of allylic oxidation sites excluding steroid dienone is 1. The molecule has 0 unspecified atom stereocenters. The van der Waals surface area contributed by atoms with Crippen LogP contribution in [-0.2, 0) is 14.3 Å². The number of ether oxygens (including phenoxy) is 1. The monoisotopic (exact) mass is 305 g/mol. The van der Waals surface area contributed by atoms with Crippen molar-refractivity contribution < 1.29 is 14.3 Å². The molecular formula is C16H19NO3S. The van der Waals surface area contributed by atoms with E-state index in [1.54, 1.807) is 17.8 Å². The highest BCUT2D eigenvalue weighted by molar-refractivity contribution is 7.98. The van der Waals surface area contributed by atoms with E-state index in [2.05, 4.69) is 10.1 Å². The molecule has 0 saturated heterocycles. The lowest BCUT2D eigenvalue weighted by atomic mass is 10.1. The lowest BCUT2D eigenvalue weighted by molar-refractivity contribution is -0.137. The number of hydrogen-bond acceptors (Lipinski definition) is 5. The molecule has 0 aliphatic rings. The van der Waals surface area contributed by atoms with Gasteiger partial charge in [-0.05, 0) is 37.0 Å². The van der Waals surface area contributed by atoms with E-state index in [1.165, 1.54) is 19.4 Å². The second-order valence-corrected chi connectivity index (χ2v) is 4.96. The predicted molar refractivity (Wildman–Crippen MR) is 86.0 cm³/mol. The smallest absolute Gasteiger partial charge is 0.343 e. The number of nitrogens with one attached hydrogen (secondary N) is 1. The van der Waals surface area contributed by atoms with Gasteiger partial charge in [-0.25, -0.2) is 4.79 Å². The number of esters is 1. The van der Waals surface area contributed by atoms with Gasteiger partial charge in [0.05, 0.1) is 7.11 Å². The molecule has 112 valence electrons. The summed E-state index contributed by atoms with van der Waals surface area (Å²) >= 11 is 1.65. The number of carbonyl (C=O) groups excluding carboxylic acids is 2. The first-order chi connectivity index (χ1) is 10.1. The normalized spacial score (nSPS) is 11.5. The van der Waals surface area contributed by atoms with Crippen LogP contribution in [0, 0.1) is 0 Å². The number of hydrogen-bond donors (Lipinski definition) is 1. The van der Waals surface area contributed by atoms with Crippen LogP contribution in [0.15, 0.2) is 47.0 Å². The summed E-state index contributed by atoms with van der Waals surface area (Å²) in [5.41, 5.74) is 0.880. The Bertz CT molecular complexity index is 547. The molecule has 1 aromatic carbocycles. The Hall–Kier alpha value is -2.01. The summed E-state index contributed by atoms with van der Waals surface area (Å²) in [5.74, 6) is -1.04. The SMILES string of the molecule is CCN/C=C(/C(=O)/C=C/c1ccc(SC)cc1)C(=O)OC. The van der Waals surface area contributed by atoms with Gasteiger partial charge in [-0.15, -0.1) is 11.8 Å². The van der Waals surface area contributed by atoms with Gasteiger partial charge in [-0.1, -0.05) is 18.2 Å². The van der Waals surface area contributed by atoms with Crippen molar-refractivity contribution in [1.29, 1.82) is 0 Å². The van der Waals surface area contributed by atoms with Gasteiger partial charge < -0.3 is 10.1 Å². The van der Waals surface area contributed by atoms with Crippen molar-refractivity contribution in [2.75, 3.05) is 19.9 Å². The van der Waals surface area contributed by atoms with Crippen LogP contribution in [-0.4, -0.2) is 31.7 Å². The fourth-order valence-electron chi connectivity index (χ4n) is 1.52. The van der Waals surface area contributed by atoms with Crippen LogP contribution < -0.4 is 5.32 Å². The highest BCUT2D eigenvalue weighted by atomic mass is 32.2. The van der Waals surface area contributed by atoms with Crippen molar-refractivity contribution in [3.63, 3.8) is 0 Å². The molecule has 1 rings (SSSR count). The van der Waals surface area contributed by atoms with Crippen LogP contribution in [0.4, 0.5) is 0 Å². The van der Waals surface area contributed by atoms with E-state index in [9.17, 15) is 9.59 Å². The Labute approximate surface area is 129 Å². The van der Waals surface area contributed by atoms with Crippen LogP contribution in [0.1, 0.15) is 12.5 Å². The Morgan fingerprint density at radius 3 is 2.48 bits per heavy atom. The first-order valence-corrected chi connectivity index (χ1v) is 7.73. The number of ketones is 1. The fraction of sp³-hybridized carbons (Fsp3) is 0.250. The minimum absolute atomic E-state index is 0.0173. The molecule has 0 aliphatic carbocycles. The van der Waals surface area contributed by atoms with Gasteiger partial charge in [-0.2, -0.15) is 0 Å². The maximum Gasteiger partial charge on any atom is 0.343 e. The van der Waals surface area contributed by atoms with E-state index in [0.29, 0.717) is 6.54 Å². The summed E-state index contributed by atoms with van der Waals surface area (Å²) in [5, 5.41) is 2.84. The first-order valence-electron chi connectivity index (χ1n) is 6.50. The largest absolute Gasteiger partial charge is 0.465 e. The van der Waals surface area contributed by atoms with Crippen LogP contribution in [0.5, 0.6) is 0 Å². The van der Waals surface area contributed by atoms with E-state index in [-0.39, 0.29) is 5.57 Å². The average molecular weight is 305 g/mol. The zero-order valence-corrected chi connectivity index (χ0v) is 13.2. The highest BCUT2D eigenvalue weighted by Crippen LogP contribution is 2.15. The number of methoxy groups -OCH3 is 1. The van der Waals surface area contributed by atoms with Gasteiger partial charge in [0.25, 0.3) is 0 Å². The molecule has 1 aromatic rings. The molecule has 0 aliphatic heterocycles. The second-order valence-electron chi connectivity index (χ2n) is 4.08. The molecular weight excluding hydrogens is 286 g/mol. The highest BCUT2D eigenvalue weighted by Gasteiger charge is 2.16. The third-order valence-electron chi connectivity index (χ3n) is 2.66. The van der Waals surface area contributed by atoms with Crippen LogP contribution in [0.2, 0.25) is 0 Å². The molecule has 0 spiro atoms. The standard InChI is InChI=1S/C16H19NO3S/c1-4-17-11-14(16(19)20-2)15(18)10-7-12-5-8-13(21-3)9-6-12/h5-11,17H,4H2,1-3H3/b10-7+,14-11-. The van der Waals surface area contributed by atoms with Gasteiger partial charge in [0.15, 0.2) is 5.78 Å².